The third-order valence-electron chi connectivity index (χ3n) is 6.36. The van der Waals surface area contributed by atoms with E-state index in [2.05, 4.69) is 27.7 Å². The van der Waals surface area contributed by atoms with Crippen molar-refractivity contribution in [1.82, 2.24) is 0 Å². The van der Waals surface area contributed by atoms with Gasteiger partial charge in [0.05, 0.1) is 12.5 Å². The van der Waals surface area contributed by atoms with Gasteiger partial charge in [0.2, 0.25) is 0 Å². The van der Waals surface area contributed by atoms with Crippen molar-refractivity contribution >= 4 is 5.97 Å². The average Bonchev–Trinajstić information content (AvgIpc) is 2.51. The predicted octanol–water partition coefficient (Wildman–Crippen LogP) is 2.91. The zero-order valence-corrected chi connectivity index (χ0v) is 12.5. The topological polar surface area (TPSA) is 46.5 Å². The number of hydrogen-bond donors (Lipinski definition) is 1. The van der Waals surface area contributed by atoms with Gasteiger partial charge in [-0.3, -0.25) is 4.79 Å². The number of carbonyl (C=O) groups excluding carboxylic acids is 1. The summed E-state index contributed by atoms with van der Waals surface area (Å²) in [4.78, 5) is 11.8. The number of esters is 1. The lowest BCUT2D eigenvalue weighted by atomic mass is 9.45. The number of aliphatic hydroxyl groups excluding tert-OH is 1. The van der Waals surface area contributed by atoms with Gasteiger partial charge in [-0.05, 0) is 49.4 Å². The van der Waals surface area contributed by atoms with Crippen molar-refractivity contribution < 1.29 is 14.6 Å². The molecular weight excluding hydrogens is 240 g/mol. The first-order valence-corrected chi connectivity index (χ1v) is 7.57. The Labute approximate surface area is 115 Å². The summed E-state index contributed by atoms with van der Waals surface area (Å²) in [5, 5.41) is 10.3. The molecule has 0 aromatic carbocycles. The van der Waals surface area contributed by atoms with Crippen LogP contribution in [0.2, 0.25) is 0 Å². The number of fused-ring (bicyclic) bond motifs is 3. The van der Waals surface area contributed by atoms with Gasteiger partial charge < -0.3 is 9.84 Å². The molecule has 2 saturated carbocycles. The molecule has 0 aromatic heterocycles. The zero-order chi connectivity index (χ0) is 14.1. The standard InChI is InChI=1S/C16H26O3/c1-14(2)8-10(17)9-15(3)11(14)5-6-16(4)12(15)7-13(18)19-16/h10-12,17H,5-9H2,1-4H3/t10-,11-,12+,15-,16+/m0/s1. The van der Waals surface area contributed by atoms with Gasteiger partial charge in [-0.15, -0.1) is 0 Å². The van der Waals surface area contributed by atoms with Crippen LogP contribution in [0.3, 0.4) is 0 Å². The van der Waals surface area contributed by atoms with E-state index in [1.165, 1.54) is 0 Å². The molecular formula is C16H26O3. The molecule has 3 heteroatoms. The maximum atomic E-state index is 11.8. The van der Waals surface area contributed by atoms with Crippen LogP contribution in [0.15, 0.2) is 0 Å². The van der Waals surface area contributed by atoms with Gasteiger partial charge in [0.25, 0.3) is 0 Å². The van der Waals surface area contributed by atoms with Crippen molar-refractivity contribution in [3.8, 4) is 0 Å². The maximum absolute atomic E-state index is 11.8. The summed E-state index contributed by atoms with van der Waals surface area (Å²) < 4.78 is 5.65. The van der Waals surface area contributed by atoms with Crippen molar-refractivity contribution in [2.75, 3.05) is 0 Å². The lowest BCUT2D eigenvalue weighted by Crippen LogP contribution is -2.58. The van der Waals surface area contributed by atoms with Gasteiger partial charge in [0, 0.05) is 5.92 Å². The SMILES string of the molecule is CC1(C)C[C@H](O)C[C@]2(C)[C@H]3CC(=O)O[C@]3(C)CC[C@@H]12. The van der Waals surface area contributed by atoms with Crippen LogP contribution in [0.25, 0.3) is 0 Å². The summed E-state index contributed by atoms with van der Waals surface area (Å²) in [6.45, 7) is 8.93. The van der Waals surface area contributed by atoms with Crippen LogP contribution in [0.4, 0.5) is 0 Å². The van der Waals surface area contributed by atoms with E-state index in [0.717, 1.165) is 25.7 Å². The highest BCUT2D eigenvalue weighted by atomic mass is 16.6. The molecule has 0 radical (unpaired) electrons. The van der Waals surface area contributed by atoms with Crippen molar-refractivity contribution in [3.05, 3.63) is 0 Å². The van der Waals surface area contributed by atoms with Crippen LogP contribution in [-0.2, 0) is 9.53 Å². The number of carbonyl (C=O) groups is 1. The molecule has 5 atom stereocenters. The highest BCUT2D eigenvalue weighted by Crippen LogP contribution is 2.64. The van der Waals surface area contributed by atoms with E-state index >= 15 is 0 Å². The maximum Gasteiger partial charge on any atom is 0.306 e. The Kier molecular flexibility index (Phi) is 2.65. The van der Waals surface area contributed by atoms with E-state index in [4.69, 9.17) is 4.74 Å². The van der Waals surface area contributed by atoms with E-state index in [-0.39, 0.29) is 34.4 Å². The molecule has 0 unspecified atom stereocenters. The van der Waals surface area contributed by atoms with Gasteiger partial charge in [-0.2, -0.15) is 0 Å². The van der Waals surface area contributed by atoms with E-state index in [0.29, 0.717) is 12.3 Å². The van der Waals surface area contributed by atoms with Gasteiger partial charge in [-0.25, -0.2) is 0 Å². The summed E-state index contributed by atoms with van der Waals surface area (Å²) >= 11 is 0. The van der Waals surface area contributed by atoms with E-state index in [1.807, 2.05) is 0 Å². The third-order valence-corrected chi connectivity index (χ3v) is 6.36. The molecule has 19 heavy (non-hydrogen) atoms. The highest BCUT2D eigenvalue weighted by molar-refractivity contribution is 5.73. The molecule has 108 valence electrons. The smallest absolute Gasteiger partial charge is 0.306 e. The molecule has 0 amide bonds. The molecule has 1 N–H and O–H groups in total. The summed E-state index contributed by atoms with van der Waals surface area (Å²) in [6.07, 6.45) is 4.07. The van der Waals surface area contributed by atoms with E-state index in [9.17, 15) is 9.90 Å². The first kappa shape index (κ1) is 13.4. The monoisotopic (exact) mass is 266 g/mol. The Morgan fingerprint density at radius 3 is 2.53 bits per heavy atom. The normalized spacial score (nSPS) is 52.3. The largest absolute Gasteiger partial charge is 0.459 e. The molecule has 3 nitrogen and oxygen atoms in total. The fourth-order valence-corrected chi connectivity index (χ4v) is 5.81. The number of hydrogen-bond acceptors (Lipinski definition) is 3. The van der Waals surface area contributed by atoms with Gasteiger partial charge in [0.1, 0.15) is 5.60 Å². The first-order valence-electron chi connectivity index (χ1n) is 7.57. The molecule has 3 aliphatic rings. The second-order valence-corrected chi connectivity index (χ2v) is 8.19. The van der Waals surface area contributed by atoms with E-state index < -0.39 is 0 Å². The minimum absolute atomic E-state index is 0.0281. The molecule has 1 heterocycles. The van der Waals surface area contributed by atoms with Crippen molar-refractivity contribution in [3.63, 3.8) is 0 Å². The van der Waals surface area contributed by atoms with Crippen LogP contribution >= 0.6 is 0 Å². The van der Waals surface area contributed by atoms with Gasteiger partial charge in [-0.1, -0.05) is 20.8 Å². The zero-order valence-electron chi connectivity index (χ0n) is 12.5. The minimum Gasteiger partial charge on any atom is -0.459 e. The summed E-state index contributed by atoms with van der Waals surface area (Å²) in [5.74, 6) is 0.795. The number of rotatable bonds is 0. The molecule has 1 aliphatic heterocycles. The summed E-state index contributed by atoms with van der Waals surface area (Å²) in [6, 6.07) is 0. The Balaban J connectivity index is 2.02. The van der Waals surface area contributed by atoms with Crippen LogP contribution in [0.1, 0.15) is 59.8 Å². The molecule has 0 spiro atoms. The Morgan fingerprint density at radius 2 is 1.84 bits per heavy atom. The molecule has 1 saturated heterocycles. The van der Waals surface area contributed by atoms with Gasteiger partial charge in [0.15, 0.2) is 0 Å². The van der Waals surface area contributed by atoms with Crippen LogP contribution in [0, 0.1) is 22.7 Å². The number of ether oxygens (including phenoxy) is 1. The molecule has 0 aromatic rings. The molecule has 2 aliphatic carbocycles. The molecule has 3 fully saturated rings. The summed E-state index contributed by atoms with van der Waals surface area (Å²) in [5.41, 5.74) is -0.116. The molecule has 3 rings (SSSR count). The first-order chi connectivity index (χ1) is 8.67. The highest BCUT2D eigenvalue weighted by Gasteiger charge is 2.63. The van der Waals surface area contributed by atoms with Crippen LogP contribution in [-0.4, -0.2) is 22.8 Å². The predicted molar refractivity (Wildman–Crippen MR) is 72.5 cm³/mol. The Hall–Kier alpha value is -0.570. The van der Waals surface area contributed by atoms with Crippen molar-refractivity contribution in [2.45, 2.75) is 71.5 Å². The quantitative estimate of drug-likeness (QED) is 0.686. The fourth-order valence-electron chi connectivity index (χ4n) is 5.81. The van der Waals surface area contributed by atoms with Crippen LogP contribution < -0.4 is 0 Å². The Morgan fingerprint density at radius 1 is 1.16 bits per heavy atom. The van der Waals surface area contributed by atoms with Crippen molar-refractivity contribution in [2.24, 2.45) is 22.7 Å². The lowest BCUT2D eigenvalue weighted by Gasteiger charge is -2.60. The fraction of sp³-hybridized carbons (Fsp3) is 0.938. The van der Waals surface area contributed by atoms with Crippen molar-refractivity contribution in [1.29, 1.82) is 0 Å². The average molecular weight is 266 g/mol. The second kappa shape index (κ2) is 3.75. The Bertz CT molecular complexity index is 416. The summed E-state index contributed by atoms with van der Waals surface area (Å²) in [7, 11) is 0. The van der Waals surface area contributed by atoms with E-state index in [1.54, 1.807) is 0 Å². The van der Waals surface area contributed by atoms with Gasteiger partial charge >= 0.3 is 5.97 Å². The lowest BCUT2D eigenvalue weighted by molar-refractivity contribution is -0.176. The number of aliphatic hydroxyl groups is 1. The molecule has 0 bridgehead atoms. The second-order valence-electron chi connectivity index (χ2n) is 8.19. The minimum atomic E-state index is -0.296. The third kappa shape index (κ3) is 1.77. The van der Waals surface area contributed by atoms with Crippen LogP contribution in [0.5, 0.6) is 0 Å².